The van der Waals surface area contributed by atoms with Crippen LogP contribution in [0.4, 0.5) is 0 Å². The minimum Gasteiger partial charge on any atom is -0.508 e. The molecule has 2 unspecified atom stereocenters. The summed E-state index contributed by atoms with van der Waals surface area (Å²) in [5.74, 6) is -1.14. The molecule has 34 heavy (non-hydrogen) atoms. The van der Waals surface area contributed by atoms with Crippen LogP contribution in [0, 0.1) is 5.92 Å². The standard InChI is InChI=1S/C26H32O8/c1-13(2)15(7-6-14(3)32-4)10-18-20(29)12-21(33-5)22-23(30)24(31)26(34-25(18)22)17-9-8-16(27)11-19(17)28/h8-9,11-12,14-15,24,26-29,31H,1,6-7,10H2,2-5H3/t14?,15?,24-,26+/m0/s1. The zero-order chi connectivity index (χ0) is 25.2. The summed E-state index contributed by atoms with van der Waals surface area (Å²) < 4.78 is 16.8. The predicted octanol–water partition coefficient (Wildman–Crippen LogP) is 4.04. The number of aromatic hydroxyl groups is 3. The van der Waals surface area contributed by atoms with Gasteiger partial charge in [-0.15, -0.1) is 0 Å². The molecule has 8 nitrogen and oxygen atoms in total. The summed E-state index contributed by atoms with van der Waals surface area (Å²) in [5.41, 5.74) is 1.45. The van der Waals surface area contributed by atoms with Gasteiger partial charge in [0.25, 0.3) is 0 Å². The summed E-state index contributed by atoms with van der Waals surface area (Å²) in [5, 5.41) is 41.6. The van der Waals surface area contributed by atoms with Crippen molar-refractivity contribution in [3.8, 4) is 28.7 Å². The quantitative estimate of drug-likeness (QED) is 0.403. The van der Waals surface area contributed by atoms with Crippen LogP contribution in [0.5, 0.6) is 28.7 Å². The summed E-state index contributed by atoms with van der Waals surface area (Å²) in [6.45, 7) is 7.97. The van der Waals surface area contributed by atoms with Crippen molar-refractivity contribution < 1.29 is 39.4 Å². The highest BCUT2D eigenvalue weighted by Crippen LogP contribution is 2.48. The van der Waals surface area contributed by atoms with Crippen LogP contribution in [0.2, 0.25) is 0 Å². The highest BCUT2D eigenvalue weighted by atomic mass is 16.5. The second-order valence-corrected chi connectivity index (χ2v) is 8.74. The van der Waals surface area contributed by atoms with E-state index < -0.39 is 18.0 Å². The van der Waals surface area contributed by atoms with Crippen LogP contribution in [0.3, 0.4) is 0 Å². The predicted molar refractivity (Wildman–Crippen MR) is 126 cm³/mol. The fourth-order valence-electron chi connectivity index (χ4n) is 4.19. The Morgan fingerprint density at radius 3 is 2.44 bits per heavy atom. The number of rotatable bonds is 9. The van der Waals surface area contributed by atoms with E-state index in [1.54, 1.807) is 7.11 Å². The van der Waals surface area contributed by atoms with Crippen LogP contribution in [0.25, 0.3) is 0 Å². The Hall–Kier alpha value is -3.23. The fourth-order valence-corrected chi connectivity index (χ4v) is 4.19. The van der Waals surface area contributed by atoms with Crippen molar-refractivity contribution in [2.45, 2.75) is 51.4 Å². The highest BCUT2D eigenvalue weighted by Gasteiger charge is 2.42. The Kier molecular flexibility index (Phi) is 7.74. The van der Waals surface area contributed by atoms with E-state index in [9.17, 15) is 25.2 Å². The van der Waals surface area contributed by atoms with Gasteiger partial charge in [-0.05, 0) is 51.2 Å². The van der Waals surface area contributed by atoms with Gasteiger partial charge in [-0.3, -0.25) is 4.79 Å². The van der Waals surface area contributed by atoms with Crippen molar-refractivity contribution in [1.29, 1.82) is 0 Å². The largest absolute Gasteiger partial charge is 0.508 e. The minimum atomic E-state index is -1.63. The zero-order valence-electron chi connectivity index (χ0n) is 19.9. The van der Waals surface area contributed by atoms with Gasteiger partial charge in [0.15, 0.2) is 12.2 Å². The SMILES string of the molecule is C=C(C)C(CCC(C)OC)Cc1c(O)cc(OC)c2c1O[C@H](c1ccc(O)cc1O)[C@@H](O)C2=O. The molecule has 2 aromatic rings. The van der Waals surface area contributed by atoms with Crippen molar-refractivity contribution >= 4 is 5.78 Å². The molecule has 0 amide bonds. The average Bonchev–Trinajstić information content (AvgIpc) is 2.79. The van der Waals surface area contributed by atoms with Gasteiger partial charge in [0.2, 0.25) is 5.78 Å². The smallest absolute Gasteiger partial charge is 0.202 e. The summed E-state index contributed by atoms with van der Waals surface area (Å²) in [4.78, 5) is 13.2. The minimum absolute atomic E-state index is 0.0306. The van der Waals surface area contributed by atoms with E-state index in [4.69, 9.17) is 14.2 Å². The first kappa shape index (κ1) is 25.4. The van der Waals surface area contributed by atoms with Crippen LogP contribution in [-0.4, -0.2) is 52.6 Å². The van der Waals surface area contributed by atoms with E-state index in [1.807, 2.05) is 13.8 Å². The van der Waals surface area contributed by atoms with Crippen molar-refractivity contribution in [2.24, 2.45) is 5.92 Å². The molecule has 0 saturated carbocycles. The highest BCUT2D eigenvalue weighted by molar-refractivity contribution is 6.06. The Bertz CT molecular complexity index is 1080. The Labute approximate surface area is 199 Å². The fraction of sp³-hybridized carbons (Fsp3) is 0.423. The molecule has 0 radical (unpaired) electrons. The lowest BCUT2D eigenvalue weighted by Gasteiger charge is -2.33. The lowest BCUT2D eigenvalue weighted by Crippen LogP contribution is -2.37. The van der Waals surface area contributed by atoms with Gasteiger partial charge in [0.05, 0.1) is 13.2 Å². The summed E-state index contributed by atoms with van der Waals surface area (Å²) in [7, 11) is 3.00. The van der Waals surface area contributed by atoms with E-state index in [1.165, 1.54) is 25.3 Å². The van der Waals surface area contributed by atoms with Gasteiger partial charge in [-0.1, -0.05) is 12.2 Å². The van der Waals surface area contributed by atoms with E-state index >= 15 is 0 Å². The molecular weight excluding hydrogens is 440 g/mol. The second-order valence-electron chi connectivity index (χ2n) is 8.74. The van der Waals surface area contributed by atoms with Crippen LogP contribution >= 0.6 is 0 Å². The van der Waals surface area contributed by atoms with Crippen LogP contribution in [-0.2, 0) is 11.2 Å². The first-order chi connectivity index (χ1) is 16.1. The lowest BCUT2D eigenvalue weighted by molar-refractivity contribution is 0.0197. The maximum atomic E-state index is 13.2. The van der Waals surface area contributed by atoms with E-state index in [-0.39, 0.29) is 51.9 Å². The van der Waals surface area contributed by atoms with Crippen molar-refractivity contribution in [3.63, 3.8) is 0 Å². The molecule has 4 N–H and O–H groups in total. The third kappa shape index (κ3) is 4.98. The maximum Gasteiger partial charge on any atom is 0.202 e. The lowest BCUT2D eigenvalue weighted by atomic mass is 9.85. The number of aliphatic hydroxyl groups excluding tert-OH is 1. The van der Waals surface area contributed by atoms with Gasteiger partial charge >= 0.3 is 0 Å². The summed E-state index contributed by atoms with van der Waals surface area (Å²) in [6.07, 6.45) is -0.980. The number of phenolic OH excluding ortho intramolecular Hbond substituents is 3. The number of hydrogen-bond donors (Lipinski definition) is 4. The van der Waals surface area contributed by atoms with Crippen LogP contribution < -0.4 is 9.47 Å². The summed E-state index contributed by atoms with van der Waals surface area (Å²) in [6, 6.07) is 5.14. The number of fused-ring (bicyclic) bond motifs is 1. The molecule has 1 aliphatic heterocycles. The number of hydrogen-bond acceptors (Lipinski definition) is 8. The molecule has 1 heterocycles. The molecule has 184 valence electrons. The van der Waals surface area contributed by atoms with Gasteiger partial charge < -0.3 is 34.6 Å². The van der Waals surface area contributed by atoms with Gasteiger partial charge in [-0.25, -0.2) is 0 Å². The zero-order valence-corrected chi connectivity index (χ0v) is 19.9. The number of carbonyl (C=O) groups is 1. The second kappa shape index (κ2) is 10.4. The Morgan fingerprint density at radius 2 is 1.85 bits per heavy atom. The third-order valence-electron chi connectivity index (χ3n) is 6.38. The third-order valence-corrected chi connectivity index (χ3v) is 6.38. The number of Topliss-reactive ketones (excluding diaryl/α,β-unsaturated/α-hetero) is 1. The Balaban J connectivity index is 2.09. The molecular formula is C26H32O8. The number of benzene rings is 2. The van der Waals surface area contributed by atoms with E-state index in [0.717, 1.165) is 24.5 Å². The number of phenols is 3. The van der Waals surface area contributed by atoms with Crippen molar-refractivity contribution in [3.05, 3.63) is 53.1 Å². The van der Waals surface area contributed by atoms with Crippen LogP contribution in [0.1, 0.15) is 54.3 Å². The molecule has 0 spiro atoms. The van der Waals surface area contributed by atoms with E-state index in [2.05, 4.69) is 6.58 Å². The van der Waals surface area contributed by atoms with Crippen LogP contribution in [0.15, 0.2) is 36.4 Å². The molecule has 3 rings (SSSR count). The molecule has 0 bridgehead atoms. The number of allylic oxidation sites excluding steroid dienone is 1. The molecule has 2 aromatic carbocycles. The average molecular weight is 473 g/mol. The number of ether oxygens (including phenoxy) is 3. The topological polar surface area (TPSA) is 126 Å². The molecule has 0 saturated heterocycles. The number of ketones is 1. The Morgan fingerprint density at radius 1 is 1.15 bits per heavy atom. The number of carbonyl (C=O) groups excluding carboxylic acids is 1. The normalized spacial score (nSPS) is 19.1. The van der Waals surface area contributed by atoms with Crippen molar-refractivity contribution in [2.75, 3.05) is 14.2 Å². The number of methoxy groups -OCH3 is 2. The monoisotopic (exact) mass is 472 g/mol. The number of aliphatic hydroxyl groups is 1. The first-order valence-electron chi connectivity index (χ1n) is 11.1. The molecule has 8 heteroatoms. The summed E-state index contributed by atoms with van der Waals surface area (Å²) >= 11 is 0. The molecule has 4 atom stereocenters. The molecule has 0 aliphatic carbocycles. The first-order valence-corrected chi connectivity index (χ1v) is 11.1. The van der Waals surface area contributed by atoms with Gasteiger partial charge in [-0.2, -0.15) is 0 Å². The molecule has 1 aliphatic rings. The maximum absolute atomic E-state index is 13.2. The van der Waals surface area contributed by atoms with Gasteiger partial charge in [0.1, 0.15) is 34.3 Å². The molecule has 0 fully saturated rings. The van der Waals surface area contributed by atoms with Crippen molar-refractivity contribution in [1.82, 2.24) is 0 Å². The van der Waals surface area contributed by atoms with Gasteiger partial charge in [0, 0.05) is 30.4 Å². The molecule has 0 aromatic heterocycles. The van der Waals surface area contributed by atoms with E-state index in [0.29, 0.717) is 12.0 Å².